The van der Waals surface area contributed by atoms with Gasteiger partial charge in [-0.1, -0.05) is 31.2 Å². The molecule has 8 heteroatoms. The van der Waals surface area contributed by atoms with Crippen molar-refractivity contribution in [3.05, 3.63) is 65.2 Å². The number of nitrogens with one attached hydrogen (secondary N) is 1. The third-order valence-corrected chi connectivity index (χ3v) is 4.54. The fourth-order valence-corrected chi connectivity index (χ4v) is 2.83. The molecule has 2 aromatic rings. The molecule has 0 unspecified atom stereocenters. The number of imide groups is 2. The molecular formula is C22H19N2O6-. The Bertz CT molecular complexity index is 1020. The van der Waals surface area contributed by atoms with Crippen LogP contribution in [-0.4, -0.2) is 29.9 Å². The number of amides is 4. The number of aliphatic carboxylic acids is 1. The molecule has 4 amide bonds. The Morgan fingerprint density at radius 2 is 1.73 bits per heavy atom. The van der Waals surface area contributed by atoms with Crippen molar-refractivity contribution in [1.82, 2.24) is 5.32 Å². The van der Waals surface area contributed by atoms with Crippen LogP contribution >= 0.6 is 0 Å². The van der Waals surface area contributed by atoms with E-state index in [1.165, 1.54) is 25.1 Å². The van der Waals surface area contributed by atoms with Crippen LogP contribution in [0.4, 0.5) is 10.5 Å². The molecule has 8 nitrogen and oxygen atoms in total. The fourth-order valence-electron chi connectivity index (χ4n) is 2.83. The Labute approximate surface area is 172 Å². The van der Waals surface area contributed by atoms with E-state index in [4.69, 9.17) is 4.74 Å². The van der Waals surface area contributed by atoms with Gasteiger partial charge in [-0.3, -0.25) is 14.9 Å². The van der Waals surface area contributed by atoms with Gasteiger partial charge in [-0.2, -0.15) is 0 Å². The van der Waals surface area contributed by atoms with Gasteiger partial charge in [0.25, 0.3) is 11.8 Å². The number of carbonyl (C=O) groups is 4. The van der Waals surface area contributed by atoms with Crippen molar-refractivity contribution >= 4 is 35.6 Å². The van der Waals surface area contributed by atoms with Gasteiger partial charge in [-0.25, -0.2) is 9.69 Å². The highest BCUT2D eigenvalue weighted by molar-refractivity contribution is 6.39. The lowest BCUT2D eigenvalue weighted by atomic mass is 10.1. The number of hydrogen-bond acceptors (Lipinski definition) is 6. The number of urea groups is 1. The van der Waals surface area contributed by atoms with Crippen LogP contribution in [0.1, 0.15) is 25.0 Å². The molecule has 0 saturated carbocycles. The maximum absolute atomic E-state index is 12.9. The highest BCUT2D eigenvalue weighted by atomic mass is 16.5. The van der Waals surface area contributed by atoms with Crippen LogP contribution < -0.4 is 20.1 Å². The summed E-state index contributed by atoms with van der Waals surface area (Å²) in [6, 6.07) is 12.2. The molecule has 2 aromatic carbocycles. The number of carbonyl (C=O) groups excluding carboxylic acids is 4. The van der Waals surface area contributed by atoms with Gasteiger partial charge in [0.2, 0.25) is 0 Å². The number of carboxylic acids is 1. The lowest BCUT2D eigenvalue weighted by Crippen LogP contribution is -2.54. The molecule has 1 N–H and O–H groups in total. The molecule has 1 atom stereocenters. The molecule has 0 aliphatic carbocycles. The monoisotopic (exact) mass is 407 g/mol. The fraction of sp³-hybridized carbons (Fsp3) is 0.182. The molecule has 0 aromatic heterocycles. The second-order valence-electron chi connectivity index (χ2n) is 6.63. The predicted molar refractivity (Wildman–Crippen MR) is 106 cm³/mol. The van der Waals surface area contributed by atoms with Gasteiger partial charge in [-0.05, 0) is 54.8 Å². The minimum atomic E-state index is -1.35. The third kappa shape index (κ3) is 4.38. The van der Waals surface area contributed by atoms with E-state index in [1.54, 1.807) is 24.3 Å². The summed E-state index contributed by atoms with van der Waals surface area (Å²) in [5.74, 6) is -2.58. The second-order valence-corrected chi connectivity index (χ2v) is 6.63. The number of aryl methyl sites for hydroxylation is 1. The number of benzene rings is 2. The second kappa shape index (κ2) is 8.60. The normalized spacial score (nSPS) is 16.4. The summed E-state index contributed by atoms with van der Waals surface area (Å²) in [6.45, 7) is 3.33. The highest BCUT2D eigenvalue weighted by Gasteiger charge is 2.36. The van der Waals surface area contributed by atoms with Crippen molar-refractivity contribution in [3.8, 4) is 5.75 Å². The van der Waals surface area contributed by atoms with E-state index in [0.29, 0.717) is 17.0 Å². The Balaban J connectivity index is 1.85. The van der Waals surface area contributed by atoms with Crippen molar-refractivity contribution < 1.29 is 29.0 Å². The lowest BCUT2D eigenvalue weighted by molar-refractivity contribution is -0.312. The first-order valence-corrected chi connectivity index (χ1v) is 9.28. The number of ether oxygens (including phenoxy) is 1. The van der Waals surface area contributed by atoms with Gasteiger partial charge in [0.15, 0.2) is 0 Å². The summed E-state index contributed by atoms with van der Waals surface area (Å²) in [5.41, 5.74) is 1.70. The first-order chi connectivity index (χ1) is 14.3. The number of anilines is 1. The number of nitrogens with zero attached hydrogens (tertiary/aromatic N) is 1. The van der Waals surface area contributed by atoms with Crippen LogP contribution in [0.2, 0.25) is 0 Å². The lowest BCUT2D eigenvalue weighted by Gasteiger charge is -2.26. The molecule has 1 heterocycles. The molecular weight excluding hydrogens is 388 g/mol. The summed E-state index contributed by atoms with van der Waals surface area (Å²) >= 11 is 0. The van der Waals surface area contributed by atoms with E-state index < -0.39 is 29.9 Å². The van der Waals surface area contributed by atoms with E-state index in [2.05, 4.69) is 5.32 Å². The van der Waals surface area contributed by atoms with Crippen LogP contribution in [-0.2, 0) is 20.8 Å². The van der Waals surface area contributed by atoms with Crippen molar-refractivity contribution in [1.29, 1.82) is 0 Å². The SMILES string of the molecule is CCc1ccc(N2C(=O)NC(=O)/C(=C\c3ccc(O[C@H](C)C(=O)[O-])cc3)C2=O)cc1. The van der Waals surface area contributed by atoms with Crippen molar-refractivity contribution in [2.45, 2.75) is 26.4 Å². The molecule has 154 valence electrons. The van der Waals surface area contributed by atoms with Gasteiger partial charge in [0.05, 0.1) is 11.7 Å². The number of carboxylic acid groups (broad SMARTS) is 1. The molecule has 0 spiro atoms. The van der Waals surface area contributed by atoms with Crippen LogP contribution in [0.5, 0.6) is 5.75 Å². The maximum Gasteiger partial charge on any atom is 0.335 e. The Hall–Kier alpha value is -3.94. The zero-order valence-electron chi connectivity index (χ0n) is 16.4. The molecule has 0 radical (unpaired) electrons. The molecule has 0 bridgehead atoms. The molecule has 1 saturated heterocycles. The largest absolute Gasteiger partial charge is 0.546 e. The van der Waals surface area contributed by atoms with Crippen molar-refractivity contribution in [2.75, 3.05) is 4.90 Å². The standard InChI is InChI=1S/C22H20N2O6/c1-3-14-4-8-16(9-5-14)24-20(26)18(19(25)23-22(24)29)12-15-6-10-17(11-7-15)30-13(2)21(27)28/h4-13H,3H2,1-2H3,(H,27,28)(H,23,25,29)/p-1/b18-12+/t13-/m1/s1. The van der Waals surface area contributed by atoms with Crippen LogP contribution in [0, 0.1) is 0 Å². The van der Waals surface area contributed by atoms with Gasteiger partial charge in [0, 0.05) is 0 Å². The van der Waals surface area contributed by atoms with Crippen LogP contribution in [0.15, 0.2) is 54.1 Å². The topological polar surface area (TPSA) is 116 Å². The van der Waals surface area contributed by atoms with E-state index in [9.17, 15) is 24.3 Å². The summed E-state index contributed by atoms with van der Waals surface area (Å²) in [5, 5.41) is 12.9. The van der Waals surface area contributed by atoms with Crippen molar-refractivity contribution in [3.63, 3.8) is 0 Å². The predicted octanol–water partition coefficient (Wildman–Crippen LogP) is 1.43. The summed E-state index contributed by atoms with van der Waals surface area (Å²) in [4.78, 5) is 49.0. The third-order valence-electron chi connectivity index (χ3n) is 4.54. The Morgan fingerprint density at radius 3 is 2.30 bits per heavy atom. The number of rotatable bonds is 6. The van der Waals surface area contributed by atoms with E-state index in [-0.39, 0.29) is 5.57 Å². The van der Waals surface area contributed by atoms with Crippen molar-refractivity contribution in [2.24, 2.45) is 0 Å². The molecule has 1 aliphatic rings. The van der Waals surface area contributed by atoms with E-state index in [0.717, 1.165) is 16.9 Å². The zero-order chi connectivity index (χ0) is 21.8. The first-order valence-electron chi connectivity index (χ1n) is 9.28. The molecule has 1 aliphatic heterocycles. The quantitative estimate of drug-likeness (QED) is 0.572. The van der Waals surface area contributed by atoms with E-state index >= 15 is 0 Å². The van der Waals surface area contributed by atoms with Gasteiger partial charge in [0.1, 0.15) is 17.4 Å². The summed E-state index contributed by atoms with van der Waals surface area (Å²) in [7, 11) is 0. The summed E-state index contributed by atoms with van der Waals surface area (Å²) < 4.78 is 5.19. The van der Waals surface area contributed by atoms with Crippen LogP contribution in [0.25, 0.3) is 6.08 Å². The van der Waals surface area contributed by atoms with Gasteiger partial charge in [-0.15, -0.1) is 0 Å². The minimum Gasteiger partial charge on any atom is -0.546 e. The van der Waals surface area contributed by atoms with Gasteiger partial charge >= 0.3 is 6.03 Å². The average Bonchev–Trinajstić information content (AvgIpc) is 2.72. The Morgan fingerprint density at radius 1 is 1.10 bits per heavy atom. The minimum absolute atomic E-state index is 0.203. The highest BCUT2D eigenvalue weighted by Crippen LogP contribution is 2.23. The van der Waals surface area contributed by atoms with E-state index in [1.807, 2.05) is 19.1 Å². The zero-order valence-corrected chi connectivity index (χ0v) is 16.4. The first kappa shape index (κ1) is 20.8. The molecule has 30 heavy (non-hydrogen) atoms. The number of hydrogen-bond donors (Lipinski definition) is 1. The number of barbiturate groups is 1. The molecule has 1 fully saturated rings. The molecule has 3 rings (SSSR count). The smallest absolute Gasteiger partial charge is 0.335 e. The summed E-state index contributed by atoms with van der Waals surface area (Å²) in [6.07, 6.45) is 1.04. The Kier molecular flexibility index (Phi) is 5.96. The maximum atomic E-state index is 12.9. The van der Waals surface area contributed by atoms with Gasteiger partial charge < -0.3 is 14.6 Å². The van der Waals surface area contributed by atoms with Crippen LogP contribution in [0.3, 0.4) is 0 Å². The average molecular weight is 407 g/mol.